The van der Waals surface area contributed by atoms with Crippen LogP contribution in [0, 0.1) is 0 Å². The summed E-state index contributed by atoms with van der Waals surface area (Å²) >= 11 is 0. The van der Waals surface area contributed by atoms with Gasteiger partial charge in [-0.3, -0.25) is 4.79 Å². The highest BCUT2D eigenvalue weighted by atomic mass is 16.3. The third-order valence-corrected chi connectivity index (χ3v) is 1.88. The van der Waals surface area contributed by atoms with Gasteiger partial charge in [-0.2, -0.15) is 0 Å². The fourth-order valence-electron chi connectivity index (χ4n) is 1.26. The normalized spacial score (nSPS) is 9.79. The lowest BCUT2D eigenvalue weighted by molar-refractivity contribution is 0.0997. The van der Waals surface area contributed by atoms with Crippen molar-refractivity contribution in [3.8, 4) is 5.75 Å². The van der Waals surface area contributed by atoms with E-state index in [4.69, 9.17) is 5.73 Å². The number of primary amides is 1. The van der Waals surface area contributed by atoms with Gasteiger partial charge in [0.1, 0.15) is 5.75 Å². The summed E-state index contributed by atoms with van der Waals surface area (Å²) in [6.45, 7) is 5.60. The molecule has 0 radical (unpaired) electrons. The van der Waals surface area contributed by atoms with Gasteiger partial charge in [0, 0.05) is 0 Å². The molecular weight excluding hydrogens is 178 g/mol. The summed E-state index contributed by atoms with van der Waals surface area (Å²) < 4.78 is 0. The van der Waals surface area contributed by atoms with Crippen LogP contribution in [0.1, 0.15) is 22.8 Å². The molecular formula is C11H13NO2. The number of phenols is 1. The van der Waals surface area contributed by atoms with Crippen molar-refractivity contribution in [2.45, 2.75) is 13.3 Å². The molecule has 14 heavy (non-hydrogen) atoms. The minimum absolute atomic E-state index is 0.0389. The Hall–Kier alpha value is -1.77. The van der Waals surface area contributed by atoms with Crippen LogP contribution in [0.3, 0.4) is 0 Å². The summed E-state index contributed by atoms with van der Waals surface area (Å²) in [6, 6.07) is 4.94. The molecule has 0 saturated carbocycles. The van der Waals surface area contributed by atoms with Crippen molar-refractivity contribution in [3.05, 3.63) is 41.5 Å². The van der Waals surface area contributed by atoms with E-state index >= 15 is 0 Å². The summed E-state index contributed by atoms with van der Waals surface area (Å²) in [5.41, 5.74) is 6.84. The first kappa shape index (κ1) is 10.3. The maximum Gasteiger partial charge on any atom is 0.252 e. The zero-order valence-corrected chi connectivity index (χ0v) is 8.08. The zero-order chi connectivity index (χ0) is 10.7. The van der Waals surface area contributed by atoms with Gasteiger partial charge in [0.15, 0.2) is 0 Å². The monoisotopic (exact) mass is 191 g/mol. The predicted molar refractivity (Wildman–Crippen MR) is 55.1 cm³/mol. The first-order valence-electron chi connectivity index (χ1n) is 4.27. The highest BCUT2D eigenvalue weighted by Crippen LogP contribution is 2.23. The smallest absolute Gasteiger partial charge is 0.252 e. The molecule has 0 aliphatic heterocycles. The summed E-state index contributed by atoms with van der Waals surface area (Å²) in [5.74, 6) is -0.658. The number of hydrogen-bond donors (Lipinski definition) is 2. The number of nitrogens with two attached hydrogens (primary N) is 1. The SMILES string of the molecule is C=C(C)Cc1cccc(C(N)=O)c1O. The lowest BCUT2D eigenvalue weighted by atomic mass is 10.0. The van der Waals surface area contributed by atoms with Gasteiger partial charge in [-0.15, -0.1) is 0 Å². The molecule has 3 heteroatoms. The fourth-order valence-corrected chi connectivity index (χ4v) is 1.26. The number of rotatable bonds is 3. The number of benzene rings is 1. The number of aromatic hydroxyl groups is 1. The van der Waals surface area contributed by atoms with Crippen molar-refractivity contribution >= 4 is 5.91 Å². The van der Waals surface area contributed by atoms with E-state index in [2.05, 4.69) is 6.58 Å². The largest absolute Gasteiger partial charge is 0.507 e. The van der Waals surface area contributed by atoms with Gasteiger partial charge >= 0.3 is 0 Å². The van der Waals surface area contributed by atoms with E-state index in [-0.39, 0.29) is 11.3 Å². The molecule has 74 valence electrons. The second-order valence-electron chi connectivity index (χ2n) is 3.31. The Balaban J connectivity index is 3.13. The number of carbonyl (C=O) groups excluding carboxylic acids is 1. The van der Waals surface area contributed by atoms with Crippen molar-refractivity contribution in [2.24, 2.45) is 5.73 Å². The fraction of sp³-hybridized carbons (Fsp3) is 0.182. The van der Waals surface area contributed by atoms with Crippen LogP contribution < -0.4 is 5.73 Å². The summed E-state index contributed by atoms with van der Waals surface area (Å²) in [6.07, 6.45) is 0.549. The van der Waals surface area contributed by atoms with E-state index in [0.717, 1.165) is 5.57 Å². The van der Waals surface area contributed by atoms with Gasteiger partial charge in [-0.25, -0.2) is 0 Å². The average molecular weight is 191 g/mol. The molecule has 0 atom stereocenters. The standard InChI is InChI=1S/C11H13NO2/c1-7(2)6-8-4-3-5-9(10(8)13)11(12)14/h3-5,13H,1,6H2,2H3,(H2,12,14). The van der Waals surface area contributed by atoms with Crippen LogP contribution in [0.2, 0.25) is 0 Å². The second-order valence-corrected chi connectivity index (χ2v) is 3.31. The average Bonchev–Trinajstić information content (AvgIpc) is 2.07. The van der Waals surface area contributed by atoms with Gasteiger partial charge in [-0.05, 0) is 25.0 Å². The molecule has 1 aromatic carbocycles. The Morgan fingerprint density at radius 1 is 1.57 bits per heavy atom. The molecule has 0 unspecified atom stereocenters. The Morgan fingerprint density at radius 3 is 2.71 bits per heavy atom. The molecule has 1 amide bonds. The number of para-hydroxylation sites is 1. The molecule has 0 spiro atoms. The Kier molecular flexibility index (Phi) is 2.92. The molecule has 0 aliphatic carbocycles. The highest BCUT2D eigenvalue weighted by molar-refractivity contribution is 5.95. The molecule has 1 aromatic rings. The minimum Gasteiger partial charge on any atom is -0.507 e. The van der Waals surface area contributed by atoms with Crippen LogP contribution >= 0.6 is 0 Å². The van der Waals surface area contributed by atoms with Gasteiger partial charge < -0.3 is 10.8 Å². The maximum absolute atomic E-state index is 10.9. The summed E-state index contributed by atoms with van der Waals surface area (Å²) in [5, 5.41) is 9.67. The topological polar surface area (TPSA) is 63.3 Å². The van der Waals surface area contributed by atoms with E-state index in [1.807, 2.05) is 6.92 Å². The predicted octanol–water partition coefficient (Wildman–Crippen LogP) is 1.61. The van der Waals surface area contributed by atoms with E-state index < -0.39 is 5.91 Å². The van der Waals surface area contributed by atoms with E-state index in [0.29, 0.717) is 12.0 Å². The number of allylic oxidation sites excluding steroid dienone is 1. The molecule has 0 fully saturated rings. The molecule has 0 aliphatic rings. The number of carbonyl (C=O) groups is 1. The third-order valence-electron chi connectivity index (χ3n) is 1.88. The number of amides is 1. The molecule has 3 nitrogen and oxygen atoms in total. The van der Waals surface area contributed by atoms with Crippen molar-refractivity contribution in [2.75, 3.05) is 0 Å². The Morgan fingerprint density at radius 2 is 2.21 bits per heavy atom. The summed E-state index contributed by atoms with van der Waals surface area (Å²) in [4.78, 5) is 10.9. The van der Waals surface area contributed by atoms with Crippen LogP contribution in [0.5, 0.6) is 5.75 Å². The maximum atomic E-state index is 10.9. The van der Waals surface area contributed by atoms with Gasteiger partial charge in [0.25, 0.3) is 5.91 Å². The zero-order valence-electron chi connectivity index (χ0n) is 8.08. The van der Waals surface area contributed by atoms with Crippen LogP contribution in [-0.2, 0) is 6.42 Å². The van der Waals surface area contributed by atoms with Crippen molar-refractivity contribution < 1.29 is 9.90 Å². The minimum atomic E-state index is -0.619. The Bertz CT molecular complexity index is 383. The molecule has 1 rings (SSSR count). The highest BCUT2D eigenvalue weighted by Gasteiger charge is 2.10. The third kappa shape index (κ3) is 2.13. The molecule has 0 aromatic heterocycles. The van der Waals surface area contributed by atoms with Crippen LogP contribution in [0.4, 0.5) is 0 Å². The van der Waals surface area contributed by atoms with Crippen LogP contribution in [0.15, 0.2) is 30.4 Å². The first-order valence-corrected chi connectivity index (χ1v) is 4.27. The van der Waals surface area contributed by atoms with Crippen LogP contribution in [0.25, 0.3) is 0 Å². The molecule has 0 heterocycles. The van der Waals surface area contributed by atoms with Crippen molar-refractivity contribution in [1.82, 2.24) is 0 Å². The van der Waals surface area contributed by atoms with E-state index in [1.54, 1.807) is 12.1 Å². The van der Waals surface area contributed by atoms with E-state index in [1.165, 1.54) is 6.07 Å². The lowest BCUT2D eigenvalue weighted by Crippen LogP contribution is -2.11. The van der Waals surface area contributed by atoms with Gasteiger partial charge in [0.05, 0.1) is 5.56 Å². The number of hydrogen-bond acceptors (Lipinski definition) is 2. The lowest BCUT2D eigenvalue weighted by Gasteiger charge is -2.06. The summed E-state index contributed by atoms with van der Waals surface area (Å²) in [7, 11) is 0. The van der Waals surface area contributed by atoms with Gasteiger partial charge in [-0.1, -0.05) is 24.3 Å². The quantitative estimate of drug-likeness (QED) is 0.713. The molecule has 0 saturated heterocycles. The Labute approximate surface area is 82.9 Å². The molecule has 3 N–H and O–H groups in total. The van der Waals surface area contributed by atoms with Crippen LogP contribution in [-0.4, -0.2) is 11.0 Å². The molecule has 0 bridgehead atoms. The second kappa shape index (κ2) is 3.96. The van der Waals surface area contributed by atoms with Crippen molar-refractivity contribution in [1.29, 1.82) is 0 Å². The van der Waals surface area contributed by atoms with Crippen molar-refractivity contribution in [3.63, 3.8) is 0 Å². The first-order chi connectivity index (χ1) is 6.52. The van der Waals surface area contributed by atoms with Gasteiger partial charge in [0.2, 0.25) is 0 Å². The van der Waals surface area contributed by atoms with E-state index in [9.17, 15) is 9.90 Å².